The van der Waals surface area contributed by atoms with Crippen LogP contribution in [0.15, 0.2) is 51.1 Å². The van der Waals surface area contributed by atoms with Gasteiger partial charge in [-0.1, -0.05) is 29.4 Å². The molecule has 0 spiro atoms. The number of carboxylic acids is 1. The van der Waals surface area contributed by atoms with E-state index in [1.165, 1.54) is 30.1 Å². The SMILES string of the molecule is Cc1cc(C)nc(SCC(=O)N/N=C\c2ccc(-c3ccc(C(=O)O)c(Cl)c3)o2)n1. The maximum Gasteiger partial charge on any atom is 0.337 e. The molecule has 0 saturated carbocycles. The van der Waals surface area contributed by atoms with Crippen molar-refractivity contribution >= 4 is 41.5 Å². The van der Waals surface area contributed by atoms with Gasteiger partial charge in [-0.15, -0.1) is 0 Å². The minimum absolute atomic E-state index is 0.0144. The zero-order valence-corrected chi connectivity index (χ0v) is 17.6. The lowest BCUT2D eigenvalue weighted by Crippen LogP contribution is -2.19. The quantitative estimate of drug-likeness (QED) is 0.245. The number of furan rings is 1. The first-order valence-electron chi connectivity index (χ1n) is 8.72. The van der Waals surface area contributed by atoms with Gasteiger partial charge in [-0.25, -0.2) is 20.2 Å². The number of nitrogens with one attached hydrogen (secondary N) is 1. The van der Waals surface area contributed by atoms with Gasteiger partial charge in [-0.2, -0.15) is 5.10 Å². The Morgan fingerprint density at radius 1 is 1.20 bits per heavy atom. The Kier molecular flexibility index (Phi) is 6.86. The summed E-state index contributed by atoms with van der Waals surface area (Å²) in [5.41, 5.74) is 4.74. The third kappa shape index (κ3) is 5.68. The smallest absolute Gasteiger partial charge is 0.337 e. The molecular formula is C20H17ClN4O4S. The average Bonchev–Trinajstić information content (AvgIpc) is 3.14. The number of amides is 1. The van der Waals surface area contributed by atoms with Gasteiger partial charge in [0.1, 0.15) is 11.5 Å². The number of hydrazone groups is 1. The number of aromatic carboxylic acids is 1. The second kappa shape index (κ2) is 9.55. The third-order valence-electron chi connectivity index (χ3n) is 3.79. The van der Waals surface area contributed by atoms with Crippen LogP contribution < -0.4 is 5.43 Å². The molecule has 0 bridgehead atoms. The molecule has 0 aliphatic rings. The summed E-state index contributed by atoms with van der Waals surface area (Å²) in [5, 5.41) is 13.6. The molecule has 1 amide bonds. The number of carbonyl (C=O) groups is 2. The topological polar surface area (TPSA) is 118 Å². The van der Waals surface area contributed by atoms with Crippen molar-refractivity contribution in [2.75, 3.05) is 5.75 Å². The van der Waals surface area contributed by atoms with Crippen molar-refractivity contribution in [1.29, 1.82) is 0 Å². The van der Waals surface area contributed by atoms with Gasteiger partial charge in [0.15, 0.2) is 5.16 Å². The molecule has 0 aliphatic carbocycles. The molecule has 8 nitrogen and oxygen atoms in total. The number of aromatic nitrogens is 2. The molecule has 0 saturated heterocycles. The highest BCUT2D eigenvalue weighted by Crippen LogP contribution is 2.27. The molecular weight excluding hydrogens is 428 g/mol. The predicted octanol–water partition coefficient (Wildman–Crippen LogP) is 3.95. The van der Waals surface area contributed by atoms with Crippen LogP contribution in [0.25, 0.3) is 11.3 Å². The number of hydrogen-bond acceptors (Lipinski definition) is 7. The molecule has 0 aliphatic heterocycles. The Balaban J connectivity index is 1.56. The van der Waals surface area contributed by atoms with Crippen LogP contribution in [-0.4, -0.2) is 38.9 Å². The van der Waals surface area contributed by atoms with Crippen molar-refractivity contribution in [3.63, 3.8) is 0 Å². The van der Waals surface area contributed by atoms with Crippen LogP contribution in [0, 0.1) is 13.8 Å². The molecule has 1 aromatic carbocycles. The number of carboxylic acid groups (broad SMARTS) is 1. The van der Waals surface area contributed by atoms with Crippen molar-refractivity contribution in [2.24, 2.45) is 5.10 Å². The molecule has 0 atom stereocenters. The van der Waals surface area contributed by atoms with E-state index in [0.29, 0.717) is 22.2 Å². The Hall–Kier alpha value is -3.17. The van der Waals surface area contributed by atoms with E-state index in [4.69, 9.17) is 21.1 Å². The maximum absolute atomic E-state index is 11.9. The molecule has 2 heterocycles. The second-order valence-corrected chi connectivity index (χ2v) is 7.57. The fraction of sp³-hybridized carbons (Fsp3) is 0.150. The minimum atomic E-state index is -1.10. The highest BCUT2D eigenvalue weighted by Gasteiger charge is 2.11. The fourth-order valence-electron chi connectivity index (χ4n) is 2.51. The Morgan fingerprint density at radius 2 is 1.93 bits per heavy atom. The standard InChI is InChI=1S/C20H17ClN4O4S/c1-11-7-12(2)24-20(23-11)30-10-18(26)25-22-9-14-4-6-17(29-14)13-3-5-15(19(27)28)16(21)8-13/h3-9H,10H2,1-2H3,(H,25,26)(H,27,28)/b22-9-. The van der Waals surface area contributed by atoms with E-state index < -0.39 is 5.97 Å². The molecule has 2 N–H and O–H groups in total. The van der Waals surface area contributed by atoms with E-state index in [2.05, 4.69) is 20.5 Å². The van der Waals surface area contributed by atoms with Gasteiger partial charge >= 0.3 is 5.97 Å². The average molecular weight is 445 g/mol. The van der Waals surface area contributed by atoms with Crippen molar-refractivity contribution in [2.45, 2.75) is 19.0 Å². The van der Waals surface area contributed by atoms with Crippen LogP contribution in [0.5, 0.6) is 0 Å². The van der Waals surface area contributed by atoms with E-state index in [-0.39, 0.29) is 22.2 Å². The number of hydrogen-bond donors (Lipinski definition) is 2. The van der Waals surface area contributed by atoms with E-state index in [0.717, 1.165) is 11.4 Å². The van der Waals surface area contributed by atoms with Crippen LogP contribution in [0.2, 0.25) is 5.02 Å². The first-order valence-corrected chi connectivity index (χ1v) is 10.1. The lowest BCUT2D eigenvalue weighted by Gasteiger charge is -2.02. The molecule has 0 unspecified atom stereocenters. The molecule has 30 heavy (non-hydrogen) atoms. The molecule has 3 rings (SSSR count). The molecule has 10 heteroatoms. The lowest BCUT2D eigenvalue weighted by atomic mass is 10.1. The molecule has 3 aromatic rings. The Morgan fingerprint density at radius 3 is 2.60 bits per heavy atom. The second-order valence-electron chi connectivity index (χ2n) is 6.22. The molecule has 0 radical (unpaired) electrons. The first kappa shape index (κ1) is 21.5. The van der Waals surface area contributed by atoms with Gasteiger partial charge in [0.2, 0.25) is 0 Å². The maximum atomic E-state index is 11.9. The van der Waals surface area contributed by atoms with Crippen molar-refractivity contribution in [3.05, 3.63) is 64.1 Å². The van der Waals surface area contributed by atoms with Gasteiger partial charge in [-0.05, 0) is 44.2 Å². The number of nitrogens with zero attached hydrogens (tertiary/aromatic N) is 3. The van der Waals surface area contributed by atoms with E-state index in [1.807, 2.05) is 19.9 Å². The van der Waals surface area contributed by atoms with E-state index in [9.17, 15) is 9.59 Å². The van der Waals surface area contributed by atoms with E-state index >= 15 is 0 Å². The van der Waals surface area contributed by atoms with Crippen molar-refractivity contribution in [3.8, 4) is 11.3 Å². The van der Waals surface area contributed by atoms with Gasteiger partial charge in [0.05, 0.1) is 22.6 Å². The Bertz CT molecular complexity index is 1110. The monoisotopic (exact) mass is 444 g/mol. The summed E-state index contributed by atoms with van der Waals surface area (Å²) in [6.07, 6.45) is 1.37. The lowest BCUT2D eigenvalue weighted by molar-refractivity contribution is -0.118. The number of rotatable bonds is 7. The summed E-state index contributed by atoms with van der Waals surface area (Å²) in [6.45, 7) is 3.74. The van der Waals surface area contributed by atoms with Crippen LogP contribution in [-0.2, 0) is 4.79 Å². The molecule has 154 valence electrons. The predicted molar refractivity (Wildman–Crippen MR) is 114 cm³/mol. The van der Waals surface area contributed by atoms with Crippen LogP contribution >= 0.6 is 23.4 Å². The van der Waals surface area contributed by atoms with Gasteiger partial charge < -0.3 is 9.52 Å². The van der Waals surface area contributed by atoms with Crippen molar-refractivity contribution in [1.82, 2.24) is 15.4 Å². The number of benzene rings is 1. The third-order valence-corrected chi connectivity index (χ3v) is 4.95. The first-order chi connectivity index (χ1) is 14.3. The van der Waals surface area contributed by atoms with Gasteiger partial charge in [-0.3, -0.25) is 4.79 Å². The summed E-state index contributed by atoms with van der Waals surface area (Å²) in [4.78, 5) is 31.5. The van der Waals surface area contributed by atoms with E-state index in [1.54, 1.807) is 18.2 Å². The summed E-state index contributed by atoms with van der Waals surface area (Å²) >= 11 is 7.21. The van der Waals surface area contributed by atoms with Crippen LogP contribution in [0.4, 0.5) is 0 Å². The highest BCUT2D eigenvalue weighted by atomic mass is 35.5. The number of thioether (sulfide) groups is 1. The largest absolute Gasteiger partial charge is 0.478 e. The molecule has 2 aromatic heterocycles. The van der Waals surface area contributed by atoms with Gasteiger partial charge in [0, 0.05) is 17.0 Å². The highest BCUT2D eigenvalue weighted by molar-refractivity contribution is 7.99. The number of halogens is 1. The fourth-order valence-corrected chi connectivity index (χ4v) is 3.51. The van der Waals surface area contributed by atoms with Crippen LogP contribution in [0.3, 0.4) is 0 Å². The number of carbonyl (C=O) groups excluding carboxylic acids is 1. The van der Waals surface area contributed by atoms with Crippen LogP contribution in [0.1, 0.15) is 27.5 Å². The summed E-state index contributed by atoms with van der Waals surface area (Å²) in [7, 11) is 0. The zero-order chi connectivity index (χ0) is 21.7. The normalized spacial score (nSPS) is 11.0. The molecule has 0 fully saturated rings. The number of aryl methyl sites for hydroxylation is 2. The minimum Gasteiger partial charge on any atom is -0.478 e. The van der Waals surface area contributed by atoms with Crippen molar-refractivity contribution < 1.29 is 19.1 Å². The Labute approximate surface area is 181 Å². The zero-order valence-electron chi connectivity index (χ0n) is 16.0. The van der Waals surface area contributed by atoms with Gasteiger partial charge in [0.25, 0.3) is 5.91 Å². The summed E-state index contributed by atoms with van der Waals surface area (Å²) in [6, 6.07) is 9.75. The summed E-state index contributed by atoms with van der Waals surface area (Å²) in [5.74, 6) is -0.380. The summed E-state index contributed by atoms with van der Waals surface area (Å²) < 4.78 is 5.63.